The molecule has 0 aromatic heterocycles. The molecule has 0 aliphatic carbocycles. The van der Waals surface area contributed by atoms with Gasteiger partial charge in [-0.2, -0.15) is 0 Å². The molecule has 2 aromatic carbocycles. The smallest absolute Gasteiger partial charge is 0.246 e. The van der Waals surface area contributed by atoms with Crippen LogP contribution in [0.25, 0.3) is 0 Å². The Hall–Kier alpha value is -2.10. The fourth-order valence-corrected chi connectivity index (χ4v) is 5.83. The first-order valence-corrected chi connectivity index (χ1v) is 14.6. The van der Waals surface area contributed by atoms with Gasteiger partial charge >= 0.3 is 0 Å². The zero-order chi connectivity index (χ0) is 21.6. The molecular formula is C20H24F2N2O3SSi. The number of carbonyl (C=O) groups is 1. The van der Waals surface area contributed by atoms with Crippen LogP contribution in [0.2, 0.25) is 19.6 Å². The molecule has 1 unspecified atom stereocenters. The second-order valence-corrected chi connectivity index (χ2v) is 15.3. The molecule has 29 heavy (non-hydrogen) atoms. The maximum Gasteiger partial charge on any atom is 0.246 e. The lowest BCUT2D eigenvalue weighted by Crippen LogP contribution is -2.42. The lowest BCUT2D eigenvalue weighted by atomic mass is 9.94. The SMILES string of the molecule is C[Si](C)(C)c1c(F)cc(NC(=O)C2NCCc3cc(S(C)(=O)=O)ccc32)cc1F. The van der Waals surface area contributed by atoms with E-state index in [4.69, 9.17) is 0 Å². The standard InChI is InChI=1S/C20H24F2N2O3SSi/c1-28(26,27)14-5-6-15-12(9-14)7-8-23-18(15)20(25)24-13-10-16(21)19(17(22)11-13)29(2,3)4/h5-6,9-11,18,23H,7-8H2,1-4H3,(H,24,25). The highest BCUT2D eigenvalue weighted by Gasteiger charge is 2.29. The van der Waals surface area contributed by atoms with Gasteiger partial charge in [-0.15, -0.1) is 0 Å². The summed E-state index contributed by atoms with van der Waals surface area (Å²) in [5.74, 6) is -1.78. The predicted molar refractivity (Wildman–Crippen MR) is 112 cm³/mol. The van der Waals surface area contributed by atoms with Crippen LogP contribution in [-0.2, 0) is 21.1 Å². The van der Waals surface area contributed by atoms with Crippen molar-refractivity contribution in [2.45, 2.75) is 37.0 Å². The number of benzene rings is 2. The molecule has 0 radical (unpaired) electrons. The first-order chi connectivity index (χ1) is 13.4. The maximum atomic E-state index is 14.5. The third-order valence-electron chi connectivity index (χ3n) is 4.92. The Morgan fingerprint density at radius 3 is 2.31 bits per heavy atom. The molecule has 1 atom stereocenters. The summed E-state index contributed by atoms with van der Waals surface area (Å²) in [6, 6.07) is 6.20. The van der Waals surface area contributed by atoms with E-state index in [0.717, 1.165) is 24.0 Å². The molecule has 0 spiro atoms. The van der Waals surface area contributed by atoms with E-state index in [1.54, 1.807) is 12.1 Å². The van der Waals surface area contributed by atoms with E-state index in [1.807, 2.05) is 19.6 Å². The number of hydrogen-bond acceptors (Lipinski definition) is 4. The molecule has 1 aliphatic heterocycles. The Labute approximate surface area is 170 Å². The molecule has 9 heteroatoms. The molecule has 0 saturated carbocycles. The number of amides is 1. The van der Waals surface area contributed by atoms with Crippen LogP contribution in [0.5, 0.6) is 0 Å². The van der Waals surface area contributed by atoms with Crippen LogP contribution < -0.4 is 15.8 Å². The van der Waals surface area contributed by atoms with Gasteiger partial charge in [0.1, 0.15) is 17.7 Å². The molecule has 1 heterocycles. The molecule has 0 fully saturated rings. The van der Waals surface area contributed by atoms with E-state index in [2.05, 4.69) is 10.6 Å². The molecule has 0 saturated heterocycles. The van der Waals surface area contributed by atoms with Crippen LogP contribution >= 0.6 is 0 Å². The van der Waals surface area contributed by atoms with Crippen LogP contribution in [0, 0.1) is 11.6 Å². The van der Waals surface area contributed by atoms with Crippen molar-refractivity contribution in [3.63, 3.8) is 0 Å². The average molecular weight is 439 g/mol. The Bertz CT molecular complexity index is 1060. The summed E-state index contributed by atoms with van der Waals surface area (Å²) < 4.78 is 52.5. The fourth-order valence-electron chi connectivity index (χ4n) is 3.58. The van der Waals surface area contributed by atoms with E-state index >= 15 is 0 Å². The highest BCUT2D eigenvalue weighted by molar-refractivity contribution is 7.90. The Kier molecular flexibility index (Phi) is 5.68. The summed E-state index contributed by atoms with van der Waals surface area (Å²) in [4.78, 5) is 13.0. The predicted octanol–water partition coefficient (Wildman–Crippen LogP) is 2.74. The summed E-state index contributed by atoms with van der Waals surface area (Å²) in [5, 5.41) is 5.75. The van der Waals surface area contributed by atoms with Crippen molar-refractivity contribution in [2.24, 2.45) is 0 Å². The van der Waals surface area contributed by atoms with Gasteiger partial charge in [0.25, 0.3) is 0 Å². The molecule has 5 nitrogen and oxygen atoms in total. The largest absolute Gasteiger partial charge is 0.324 e. The zero-order valence-electron chi connectivity index (χ0n) is 16.8. The number of carbonyl (C=O) groups excluding carboxylic acids is 1. The third kappa shape index (κ3) is 4.57. The minimum atomic E-state index is -3.35. The number of halogens is 2. The average Bonchev–Trinajstić information content (AvgIpc) is 2.58. The van der Waals surface area contributed by atoms with Gasteiger partial charge in [-0.05, 0) is 41.8 Å². The monoisotopic (exact) mass is 438 g/mol. The number of anilines is 1. The highest BCUT2D eigenvalue weighted by Crippen LogP contribution is 2.27. The second kappa shape index (κ2) is 7.62. The molecule has 156 valence electrons. The van der Waals surface area contributed by atoms with Crippen molar-refractivity contribution in [1.82, 2.24) is 5.32 Å². The van der Waals surface area contributed by atoms with Crippen molar-refractivity contribution in [1.29, 1.82) is 0 Å². The minimum Gasteiger partial charge on any atom is -0.324 e. The van der Waals surface area contributed by atoms with Gasteiger partial charge in [-0.1, -0.05) is 25.7 Å². The van der Waals surface area contributed by atoms with Gasteiger partial charge in [0.05, 0.1) is 13.0 Å². The maximum absolute atomic E-state index is 14.5. The lowest BCUT2D eigenvalue weighted by Gasteiger charge is -2.27. The topological polar surface area (TPSA) is 75.3 Å². The first kappa shape index (κ1) is 21.6. The molecule has 3 rings (SSSR count). The van der Waals surface area contributed by atoms with E-state index in [9.17, 15) is 22.0 Å². The number of hydrogen-bond donors (Lipinski definition) is 2. The summed E-state index contributed by atoms with van der Waals surface area (Å²) in [6.45, 7) is 6.02. The Balaban J connectivity index is 1.88. The van der Waals surface area contributed by atoms with Gasteiger partial charge in [0.15, 0.2) is 9.84 Å². The van der Waals surface area contributed by atoms with Crippen molar-refractivity contribution >= 4 is 34.7 Å². The van der Waals surface area contributed by atoms with Crippen LogP contribution in [-0.4, -0.2) is 35.2 Å². The molecule has 1 amide bonds. The third-order valence-corrected chi connectivity index (χ3v) is 8.01. The number of rotatable bonds is 4. The molecule has 2 N–H and O–H groups in total. The van der Waals surface area contributed by atoms with E-state index < -0.39 is 41.5 Å². The molecule has 0 bridgehead atoms. The zero-order valence-corrected chi connectivity index (χ0v) is 18.6. The van der Waals surface area contributed by atoms with E-state index in [1.165, 1.54) is 6.07 Å². The molecule has 2 aromatic rings. The summed E-state index contributed by atoms with van der Waals surface area (Å²) in [5.41, 5.74) is 1.47. The van der Waals surface area contributed by atoms with Crippen LogP contribution in [0.4, 0.5) is 14.5 Å². The first-order valence-electron chi connectivity index (χ1n) is 9.24. The summed E-state index contributed by atoms with van der Waals surface area (Å²) >= 11 is 0. The Morgan fingerprint density at radius 1 is 1.14 bits per heavy atom. The van der Waals surface area contributed by atoms with Crippen molar-refractivity contribution < 1.29 is 22.0 Å². The molecular weight excluding hydrogens is 414 g/mol. The summed E-state index contributed by atoms with van der Waals surface area (Å²) in [7, 11) is -5.56. The quantitative estimate of drug-likeness (QED) is 0.720. The van der Waals surface area contributed by atoms with E-state index in [-0.39, 0.29) is 15.8 Å². The minimum absolute atomic E-state index is 0.0497. The van der Waals surface area contributed by atoms with Crippen molar-refractivity contribution in [3.05, 3.63) is 53.1 Å². The van der Waals surface area contributed by atoms with Gasteiger partial charge in [-0.3, -0.25) is 4.79 Å². The fraction of sp³-hybridized carbons (Fsp3) is 0.350. The van der Waals surface area contributed by atoms with Gasteiger partial charge in [0.2, 0.25) is 5.91 Å². The second-order valence-electron chi connectivity index (χ2n) is 8.32. The van der Waals surface area contributed by atoms with Crippen molar-refractivity contribution in [2.75, 3.05) is 18.1 Å². The highest BCUT2D eigenvalue weighted by atomic mass is 32.2. The van der Waals surface area contributed by atoms with E-state index in [0.29, 0.717) is 18.5 Å². The normalized spacial score (nSPS) is 17.0. The molecule has 1 aliphatic rings. The van der Waals surface area contributed by atoms with Crippen LogP contribution in [0.1, 0.15) is 17.2 Å². The number of sulfone groups is 1. The van der Waals surface area contributed by atoms with Crippen LogP contribution in [0.3, 0.4) is 0 Å². The Morgan fingerprint density at radius 2 is 1.76 bits per heavy atom. The summed E-state index contributed by atoms with van der Waals surface area (Å²) in [6.07, 6.45) is 1.71. The van der Waals surface area contributed by atoms with Crippen LogP contribution in [0.15, 0.2) is 35.2 Å². The number of fused-ring (bicyclic) bond motifs is 1. The van der Waals surface area contributed by atoms with Gasteiger partial charge < -0.3 is 10.6 Å². The van der Waals surface area contributed by atoms with Gasteiger partial charge in [0, 0.05) is 23.7 Å². The van der Waals surface area contributed by atoms with Gasteiger partial charge in [-0.25, -0.2) is 17.2 Å². The van der Waals surface area contributed by atoms with Crippen molar-refractivity contribution in [3.8, 4) is 0 Å². The number of nitrogens with one attached hydrogen (secondary N) is 2. The lowest BCUT2D eigenvalue weighted by molar-refractivity contribution is -0.118.